The van der Waals surface area contributed by atoms with Gasteiger partial charge in [-0.1, -0.05) is 0 Å². The molecule has 0 bridgehead atoms. The molecule has 0 spiro atoms. The molecule has 2 rings (SSSR count). The van der Waals surface area contributed by atoms with Gasteiger partial charge in [-0.2, -0.15) is 0 Å². The van der Waals surface area contributed by atoms with Crippen LogP contribution in [-0.4, -0.2) is 36.5 Å². The van der Waals surface area contributed by atoms with Crippen LogP contribution in [0.1, 0.15) is 27.7 Å². The van der Waals surface area contributed by atoms with Crippen LogP contribution in [-0.2, 0) is 0 Å². The van der Waals surface area contributed by atoms with Crippen LogP contribution < -0.4 is 18.9 Å². The molecule has 23 heavy (non-hydrogen) atoms. The topological polar surface area (TPSA) is 70.0 Å². The molecule has 1 aromatic carbocycles. The highest BCUT2D eigenvalue weighted by Crippen LogP contribution is 2.47. The predicted molar refractivity (Wildman–Crippen MR) is 88.1 cm³/mol. The van der Waals surface area contributed by atoms with Crippen LogP contribution in [0.3, 0.4) is 0 Å². The molecule has 0 aliphatic rings. The van der Waals surface area contributed by atoms with E-state index in [0.29, 0.717) is 60.5 Å². The van der Waals surface area contributed by atoms with Gasteiger partial charge in [-0.25, -0.2) is 4.98 Å². The van der Waals surface area contributed by atoms with Gasteiger partial charge in [0.15, 0.2) is 5.75 Å². The average molecular weight is 321 g/mol. The lowest BCUT2D eigenvalue weighted by atomic mass is 10.1. The molecule has 0 radical (unpaired) electrons. The summed E-state index contributed by atoms with van der Waals surface area (Å²) in [5, 5.41) is 10.8. The van der Waals surface area contributed by atoms with Gasteiger partial charge >= 0.3 is 0 Å². The molecule has 6 nitrogen and oxygen atoms in total. The largest absolute Gasteiger partial charge is 0.506 e. The highest BCUT2D eigenvalue weighted by molar-refractivity contribution is 5.97. The van der Waals surface area contributed by atoms with E-state index < -0.39 is 0 Å². The lowest BCUT2D eigenvalue weighted by Crippen LogP contribution is -2.06. The second-order valence-electron chi connectivity index (χ2n) is 4.61. The summed E-state index contributed by atoms with van der Waals surface area (Å²) in [4.78, 5) is 4.41. The summed E-state index contributed by atoms with van der Waals surface area (Å²) in [6.45, 7) is 9.30. The number of aromatic nitrogens is 1. The molecule has 126 valence electrons. The molecule has 1 aromatic heterocycles. The smallest absolute Gasteiger partial charge is 0.261 e. The fraction of sp³-hybridized carbons (Fsp3) is 0.471. The minimum Gasteiger partial charge on any atom is -0.506 e. The Bertz CT molecular complexity index is 672. The minimum absolute atomic E-state index is 0.0356. The Morgan fingerprint density at radius 1 is 0.826 bits per heavy atom. The summed E-state index contributed by atoms with van der Waals surface area (Å²) in [6, 6.07) is 3.24. The number of pyridine rings is 1. The summed E-state index contributed by atoms with van der Waals surface area (Å²) in [5.74, 6) is 1.82. The van der Waals surface area contributed by atoms with Crippen LogP contribution >= 0.6 is 0 Å². The van der Waals surface area contributed by atoms with Crippen molar-refractivity contribution in [3.8, 4) is 28.9 Å². The van der Waals surface area contributed by atoms with E-state index in [1.54, 1.807) is 12.1 Å². The predicted octanol–water partition coefficient (Wildman–Crippen LogP) is 3.54. The second-order valence-corrected chi connectivity index (χ2v) is 4.61. The zero-order valence-corrected chi connectivity index (χ0v) is 14.0. The Kier molecular flexibility index (Phi) is 5.73. The molecule has 6 heteroatoms. The summed E-state index contributed by atoms with van der Waals surface area (Å²) in [7, 11) is 0. The Hall–Kier alpha value is -2.37. The van der Waals surface area contributed by atoms with Gasteiger partial charge in [-0.3, -0.25) is 0 Å². The van der Waals surface area contributed by atoms with Gasteiger partial charge in [0.05, 0.1) is 31.8 Å². The highest BCUT2D eigenvalue weighted by Gasteiger charge is 2.23. The summed E-state index contributed by atoms with van der Waals surface area (Å²) in [6.07, 6.45) is 0. The molecule has 0 aliphatic carbocycles. The minimum atomic E-state index is 0.0356. The number of phenols is 1. The number of fused-ring (bicyclic) bond motifs is 1. The van der Waals surface area contributed by atoms with E-state index in [1.807, 2.05) is 27.7 Å². The normalized spacial score (nSPS) is 10.6. The monoisotopic (exact) mass is 321 g/mol. The van der Waals surface area contributed by atoms with E-state index in [-0.39, 0.29) is 5.75 Å². The molecular weight excluding hydrogens is 298 g/mol. The Morgan fingerprint density at radius 2 is 1.43 bits per heavy atom. The number of hydrogen-bond donors (Lipinski definition) is 1. The van der Waals surface area contributed by atoms with Crippen molar-refractivity contribution >= 4 is 10.9 Å². The number of benzene rings is 1. The van der Waals surface area contributed by atoms with Crippen molar-refractivity contribution in [1.82, 2.24) is 4.98 Å². The van der Waals surface area contributed by atoms with Gasteiger partial charge in [0.1, 0.15) is 17.0 Å². The summed E-state index contributed by atoms with van der Waals surface area (Å²) in [5.41, 5.74) is 0.367. The maximum atomic E-state index is 10.2. The van der Waals surface area contributed by atoms with Gasteiger partial charge in [-0.05, 0) is 39.8 Å². The lowest BCUT2D eigenvalue weighted by Gasteiger charge is -2.18. The first-order chi connectivity index (χ1) is 11.2. The molecule has 1 heterocycles. The van der Waals surface area contributed by atoms with Crippen LogP contribution in [0.25, 0.3) is 10.9 Å². The maximum absolute atomic E-state index is 10.2. The van der Waals surface area contributed by atoms with Crippen molar-refractivity contribution in [3.63, 3.8) is 0 Å². The third-order valence-electron chi connectivity index (χ3n) is 3.12. The van der Waals surface area contributed by atoms with E-state index in [4.69, 9.17) is 18.9 Å². The fourth-order valence-corrected chi connectivity index (χ4v) is 2.32. The van der Waals surface area contributed by atoms with E-state index >= 15 is 0 Å². The van der Waals surface area contributed by atoms with Crippen LogP contribution in [0.4, 0.5) is 0 Å². The fourth-order valence-electron chi connectivity index (χ4n) is 2.32. The quantitative estimate of drug-likeness (QED) is 0.802. The van der Waals surface area contributed by atoms with Crippen molar-refractivity contribution < 1.29 is 24.1 Å². The molecule has 0 unspecified atom stereocenters. The molecule has 0 atom stereocenters. The Labute approximate surface area is 136 Å². The van der Waals surface area contributed by atoms with Crippen LogP contribution in [0.5, 0.6) is 28.9 Å². The second kappa shape index (κ2) is 7.76. The first kappa shape index (κ1) is 17.0. The number of aromatic hydroxyl groups is 1. The van der Waals surface area contributed by atoms with Gasteiger partial charge in [-0.15, -0.1) is 0 Å². The lowest BCUT2D eigenvalue weighted by molar-refractivity contribution is 0.256. The number of rotatable bonds is 8. The van der Waals surface area contributed by atoms with Crippen molar-refractivity contribution in [3.05, 3.63) is 12.1 Å². The zero-order chi connectivity index (χ0) is 16.8. The average Bonchev–Trinajstić information content (AvgIpc) is 2.54. The Balaban J connectivity index is 2.84. The molecule has 0 fully saturated rings. The van der Waals surface area contributed by atoms with Gasteiger partial charge in [0, 0.05) is 0 Å². The van der Waals surface area contributed by atoms with Crippen molar-refractivity contribution in [2.24, 2.45) is 0 Å². The number of ether oxygens (including phenoxy) is 4. The summed E-state index contributed by atoms with van der Waals surface area (Å²) < 4.78 is 22.7. The zero-order valence-electron chi connectivity index (χ0n) is 14.0. The molecule has 0 aliphatic heterocycles. The van der Waals surface area contributed by atoms with E-state index in [0.717, 1.165) is 0 Å². The van der Waals surface area contributed by atoms with Crippen molar-refractivity contribution in [2.75, 3.05) is 26.4 Å². The van der Waals surface area contributed by atoms with Crippen LogP contribution in [0.15, 0.2) is 12.1 Å². The standard InChI is InChI=1S/C17H23NO5/c1-5-20-12-10-9-11(19)14-13(12)15(21-6-2)16(22-7-3)17(18-14)23-8-4/h9-10,19H,5-8H2,1-4H3. The first-order valence-electron chi connectivity index (χ1n) is 7.88. The van der Waals surface area contributed by atoms with Gasteiger partial charge in [0.25, 0.3) is 5.88 Å². The third kappa shape index (κ3) is 3.36. The summed E-state index contributed by atoms with van der Waals surface area (Å²) >= 11 is 0. The van der Waals surface area contributed by atoms with Crippen LogP contribution in [0.2, 0.25) is 0 Å². The van der Waals surface area contributed by atoms with E-state index in [9.17, 15) is 5.11 Å². The van der Waals surface area contributed by atoms with E-state index in [2.05, 4.69) is 4.98 Å². The third-order valence-corrected chi connectivity index (χ3v) is 3.12. The van der Waals surface area contributed by atoms with E-state index in [1.165, 1.54) is 0 Å². The number of phenolic OH excluding ortho intramolecular Hbond substituents is 1. The first-order valence-corrected chi connectivity index (χ1v) is 7.88. The molecule has 2 aromatic rings. The molecule has 0 amide bonds. The molecule has 0 saturated heterocycles. The molecular formula is C17H23NO5. The Morgan fingerprint density at radius 3 is 2.04 bits per heavy atom. The van der Waals surface area contributed by atoms with Gasteiger partial charge in [0.2, 0.25) is 5.75 Å². The van der Waals surface area contributed by atoms with Crippen molar-refractivity contribution in [2.45, 2.75) is 27.7 Å². The number of hydrogen-bond acceptors (Lipinski definition) is 6. The molecule has 1 N–H and O–H groups in total. The maximum Gasteiger partial charge on any atom is 0.261 e. The van der Waals surface area contributed by atoms with Crippen molar-refractivity contribution in [1.29, 1.82) is 0 Å². The highest BCUT2D eigenvalue weighted by atomic mass is 16.5. The SMILES string of the molecule is CCOc1nc2c(O)ccc(OCC)c2c(OCC)c1OCC. The van der Waals surface area contributed by atoms with Gasteiger partial charge < -0.3 is 24.1 Å². The molecule has 0 saturated carbocycles. The number of nitrogens with zero attached hydrogens (tertiary/aromatic N) is 1. The van der Waals surface area contributed by atoms with Crippen LogP contribution in [0, 0.1) is 0 Å².